The Morgan fingerprint density at radius 3 is 2.10 bits per heavy atom. The van der Waals surface area contributed by atoms with Crippen LogP contribution >= 0.6 is 0 Å². The molecule has 0 bridgehead atoms. The van der Waals surface area contributed by atoms with Gasteiger partial charge in [0.1, 0.15) is 5.58 Å². The third-order valence-electron chi connectivity index (χ3n) is 5.58. The van der Waals surface area contributed by atoms with E-state index in [0.29, 0.717) is 11.5 Å². The topological polar surface area (TPSA) is 30.2 Å². The second kappa shape index (κ2) is 7.21. The van der Waals surface area contributed by atoms with Crippen LogP contribution in [0.15, 0.2) is 88.1 Å². The molecule has 1 heterocycles. The molecule has 29 heavy (non-hydrogen) atoms. The summed E-state index contributed by atoms with van der Waals surface area (Å²) in [5.41, 5.74) is 6.82. The molecular formula is C27H22O2. The minimum absolute atomic E-state index is 0.199. The summed E-state index contributed by atoms with van der Waals surface area (Å²) in [7, 11) is 0. The van der Waals surface area contributed by atoms with E-state index in [9.17, 15) is 4.79 Å². The lowest BCUT2D eigenvalue weighted by Gasteiger charge is -2.13. The highest BCUT2D eigenvalue weighted by Crippen LogP contribution is 2.43. The highest BCUT2D eigenvalue weighted by molar-refractivity contribution is 5.98. The molecule has 0 unspecified atom stereocenters. The van der Waals surface area contributed by atoms with E-state index < -0.39 is 0 Å². The van der Waals surface area contributed by atoms with Crippen molar-refractivity contribution in [2.75, 3.05) is 0 Å². The van der Waals surface area contributed by atoms with Gasteiger partial charge < -0.3 is 4.42 Å². The molecule has 0 aliphatic heterocycles. The SMILES string of the molecule is Cc1ccc2oc(=O)c(C3CC3)c(C=C(c3ccccc3)c3ccccc3)c2c1. The van der Waals surface area contributed by atoms with Gasteiger partial charge in [0.15, 0.2) is 0 Å². The Balaban J connectivity index is 1.85. The first-order valence-electron chi connectivity index (χ1n) is 10.1. The number of hydrogen-bond acceptors (Lipinski definition) is 2. The summed E-state index contributed by atoms with van der Waals surface area (Å²) in [6, 6.07) is 26.8. The van der Waals surface area contributed by atoms with Gasteiger partial charge in [0.2, 0.25) is 0 Å². The fourth-order valence-corrected chi connectivity index (χ4v) is 3.98. The Labute approximate surface area is 170 Å². The molecule has 4 aromatic rings. The maximum absolute atomic E-state index is 12.9. The highest BCUT2D eigenvalue weighted by atomic mass is 16.4. The minimum atomic E-state index is -0.199. The minimum Gasteiger partial charge on any atom is -0.422 e. The van der Waals surface area contributed by atoms with Crippen molar-refractivity contribution in [2.45, 2.75) is 25.7 Å². The Kier molecular flexibility index (Phi) is 4.40. The van der Waals surface area contributed by atoms with Gasteiger partial charge >= 0.3 is 5.63 Å². The molecule has 1 aliphatic carbocycles. The predicted octanol–water partition coefficient (Wildman–Crippen LogP) is 6.57. The molecule has 0 radical (unpaired) electrons. The molecule has 0 atom stereocenters. The van der Waals surface area contributed by atoms with Crippen LogP contribution in [0, 0.1) is 6.92 Å². The fraction of sp³-hybridized carbons (Fsp3) is 0.148. The van der Waals surface area contributed by atoms with Crippen LogP contribution < -0.4 is 5.63 Å². The molecule has 2 nitrogen and oxygen atoms in total. The van der Waals surface area contributed by atoms with Crippen molar-refractivity contribution in [3.63, 3.8) is 0 Å². The molecule has 2 heteroatoms. The van der Waals surface area contributed by atoms with Gasteiger partial charge in [-0.05, 0) is 66.2 Å². The molecule has 142 valence electrons. The van der Waals surface area contributed by atoms with E-state index in [1.54, 1.807) is 0 Å². The van der Waals surface area contributed by atoms with E-state index in [1.165, 1.54) is 0 Å². The second-order valence-corrected chi connectivity index (χ2v) is 7.78. The molecule has 1 aromatic heterocycles. The quantitative estimate of drug-likeness (QED) is 0.376. The van der Waals surface area contributed by atoms with Crippen molar-refractivity contribution in [2.24, 2.45) is 0 Å². The zero-order valence-electron chi connectivity index (χ0n) is 16.4. The standard InChI is InChI=1S/C27H22O2/c1-18-12-15-25-23(16-18)24(26(21-13-14-21)27(28)29-25)17-22(19-8-4-2-5-9-19)20-10-6-3-7-11-20/h2-12,15-17,21H,13-14H2,1H3. The molecule has 1 saturated carbocycles. The second-order valence-electron chi connectivity index (χ2n) is 7.78. The molecular weight excluding hydrogens is 356 g/mol. The van der Waals surface area contributed by atoms with Crippen molar-refractivity contribution < 1.29 is 4.42 Å². The number of fused-ring (bicyclic) bond motifs is 1. The van der Waals surface area contributed by atoms with Gasteiger partial charge in [0, 0.05) is 10.9 Å². The van der Waals surface area contributed by atoms with Crippen molar-refractivity contribution in [1.29, 1.82) is 0 Å². The molecule has 0 N–H and O–H groups in total. The Bertz CT molecular complexity index is 1220. The monoisotopic (exact) mass is 378 g/mol. The van der Waals surface area contributed by atoms with Gasteiger partial charge in [-0.2, -0.15) is 0 Å². The zero-order valence-corrected chi connectivity index (χ0v) is 16.4. The third kappa shape index (κ3) is 3.42. The van der Waals surface area contributed by atoms with Gasteiger partial charge in [-0.25, -0.2) is 4.79 Å². The summed E-state index contributed by atoms with van der Waals surface area (Å²) >= 11 is 0. The third-order valence-corrected chi connectivity index (χ3v) is 5.58. The molecule has 3 aromatic carbocycles. The van der Waals surface area contributed by atoms with Crippen LogP contribution in [0.5, 0.6) is 0 Å². The van der Waals surface area contributed by atoms with E-state index in [-0.39, 0.29) is 5.63 Å². The summed E-state index contributed by atoms with van der Waals surface area (Å²) in [5, 5.41) is 1.01. The summed E-state index contributed by atoms with van der Waals surface area (Å²) in [4.78, 5) is 12.9. The van der Waals surface area contributed by atoms with Crippen LogP contribution in [0.1, 0.15) is 46.6 Å². The van der Waals surface area contributed by atoms with Crippen LogP contribution in [-0.4, -0.2) is 0 Å². The van der Waals surface area contributed by atoms with E-state index in [4.69, 9.17) is 4.42 Å². The summed E-state index contributed by atoms with van der Waals surface area (Å²) in [5.74, 6) is 0.301. The summed E-state index contributed by atoms with van der Waals surface area (Å²) in [6.45, 7) is 2.07. The Hall–Kier alpha value is -3.39. The van der Waals surface area contributed by atoms with Crippen LogP contribution in [0.4, 0.5) is 0 Å². The Morgan fingerprint density at radius 2 is 1.52 bits per heavy atom. The molecule has 1 fully saturated rings. The maximum Gasteiger partial charge on any atom is 0.340 e. The first-order valence-corrected chi connectivity index (χ1v) is 10.1. The first-order chi connectivity index (χ1) is 14.2. The van der Waals surface area contributed by atoms with Crippen molar-refractivity contribution in [3.05, 3.63) is 117 Å². The van der Waals surface area contributed by atoms with E-state index in [0.717, 1.165) is 51.6 Å². The van der Waals surface area contributed by atoms with Crippen molar-refractivity contribution in [1.82, 2.24) is 0 Å². The first kappa shape index (κ1) is 17.7. The average molecular weight is 378 g/mol. The lowest BCUT2D eigenvalue weighted by atomic mass is 9.92. The number of rotatable bonds is 4. The fourth-order valence-electron chi connectivity index (χ4n) is 3.98. The molecule has 0 spiro atoms. The molecule has 1 aliphatic rings. The number of benzene rings is 3. The summed E-state index contributed by atoms with van der Waals surface area (Å²) in [6.07, 6.45) is 4.29. The lowest BCUT2D eigenvalue weighted by molar-refractivity contribution is 0.550. The smallest absolute Gasteiger partial charge is 0.340 e. The zero-order chi connectivity index (χ0) is 19.8. The van der Waals surface area contributed by atoms with Gasteiger partial charge in [-0.15, -0.1) is 0 Å². The lowest BCUT2D eigenvalue weighted by Crippen LogP contribution is -2.09. The molecule has 0 saturated heterocycles. The van der Waals surface area contributed by atoms with Crippen LogP contribution in [0.2, 0.25) is 0 Å². The number of aryl methyl sites for hydroxylation is 1. The van der Waals surface area contributed by atoms with Crippen LogP contribution in [0.3, 0.4) is 0 Å². The van der Waals surface area contributed by atoms with E-state index in [2.05, 4.69) is 67.6 Å². The van der Waals surface area contributed by atoms with Gasteiger partial charge in [-0.3, -0.25) is 0 Å². The van der Waals surface area contributed by atoms with Crippen molar-refractivity contribution >= 4 is 22.6 Å². The van der Waals surface area contributed by atoms with Crippen molar-refractivity contribution in [3.8, 4) is 0 Å². The van der Waals surface area contributed by atoms with E-state index >= 15 is 0 Å². The Morgan fingerprint density at radius 1 is 0.897 bits per heavy atom. The maximum atomic E-state index is 12.9. The summed E-state index contributed by atoms with van der Waals surface area (Å²) < 4.78 is 5.70. The van der Waals surface area contributed by atoms with Gasteiger partial charge in [0.25, 0.3) is 0 Å². The normalized spacial score (nSPS) is 13.4. The molecule has 0 amide bonds. The van der Waals surface area contributed by atoms with E-state index in [1.807, 2.05) is 24.3 Å². The molecule has 5 rings (SSSR count). The largest absolute Gasteiger partial charge is 0.422 e. The predicted molar refractivity (Wildman–Crippen MR) is 119 cm³/mol. The van der Waals surface area contributed by atoms with Crippen LogP contribution in [-0.2, 0) is 0 Å². The van der Waals surface area contributed by atoms with Crippen LogP contribution in [0.25, 0.3) is 22.6 Å². The highest BCUT2D eigenvalue weighted by Gasteiger charge is 2.30. The van der Waals surface area contributed by atoms with Gasteiger partial charge in [0.05, 0.1) is 0 Å². The van der Waals surface area contributed by atoms with Gasteiger partial charge in [-0.1, -0.05) is 72.3 Å². The number of hydrogen-bond donors (Lipinski definition) is 0. The average Bonchev–Trinajstić information content (AvgIpc) is 3.58.